The normalized spacial score (nSPS) is 21.5. The van der Waals surface area contributed by atoms with Crippen LogP contribution in [0.15, 0.2) is 24.3 Å². The Morgan fingerprint density at radius 1 is 1.25 bits per heavy atom. The van der Waals surface area contributed by atoms with Crippen LogP contribution in [0.5, 0.6) is 0 Å². The Labute approximate surface area is 94.0 Å². The van der Waals surface area contributed by atoms with Crippen LogP contribution in [0.4, 0.5) is 4.79 Å². The summed E-state index contributed by atoms with van der Waals surface area (Å²) in [6.45, 7) is 3.94. The third-order valence-electron chi connectivity index (χ3n) is 2.98. The zero-order valence-electron chi connectivity index (χ0n) is 9.28. The van der Waals surface area contributed by atoms with Gasteiger partial charge in [0.25, 0.3) is 5.91 Å². The molecule has 1 aromatic rings. The fraction of sp³-hybridized carbons (Fsp3) is 0.333. The second-order valence-corrected chi connectivity index (χ2v) is 4.09. The molecule has 1 heterocycles. The Balaban J connectivity index is 2.26. The van der Waals surface area contributed by atoms with Crippen molar-refractivity contribution in [2.45, 2.75) is 25.8 Å². The van der Waals surface area contributed by atoms with Gasteiger partial charge in [0, 0.05) is 5.92 Å². The molecule has 84 valence electrons. The average molecular weight is 218 g/mol. The lowest BCUT2D eigenvalue weighted by molar-refractivity contribution is -0.120. The van der Waals surface area contributed by atoms with E-state index in [4.69, 9.17) is 0 Å². The first-order valence-corrected chi connectivity index (χ1v) is 5.26. The Morgan fingerprint density at radius 2 is 1.94 bits per heavy atom. The number of hydrogen-bond acceptors (Lipinski definition) is 2. The van der Waals surface area contributed by atoms with E-state index in [1.807, 2.05) is 38.1 Å². The summed E-state index contributed by atoms with van der Waals surface area (Å²) in [4.78, 5) is 22.6. The van der Waals surface area contributed by atoms with Gasteiger partial charge in [-0.3, -0.25) is 10.1 Å². The molecule has 0 aromatic heterocycles. The summed E-state index contributed by atoms with van der Waals surface area (Å²) in [7, 11) is 0. The molecule has 1 fully saturated rings. The molecule has 1 aliphatic heterocycles. The molecular weight excluding hydrogens is 204 g/mol. The maximum absolute atomic E-state index is 11.5. The van der Waals surface area contributed by atoms with Gasteiger partial charge in [-0.15, -0.1) is 0 Å². The summed E-state index contributed by atoms with van der Waals surface area (Å²) >= 11 is 0. The van der Waals surface area contributed by atoms with E-state index >= 15 is 0 Å². The minimum Gasteiger partial charge on any atom is -0.325 e. The first kappa shape index (κ1) is 10.7. The van der Waals surface area contributed by atoms with Gasteiger partial charge < -0.3 is 5.32 Å². The maximum atomic E-state index is 11.5. The molecule has 1 aromatic carbocycles. The molecule has 4 heteroatoms. The Morgan fingerprint density at radius 3 is 2.50 bits per heavy atom. The Bertz CT molecular complexity index is 442. The molecule has 2 rings (SSSR count). The molecular formula is C12H14N2O2. The molecule has 2 unspecified atom stereocenters. The monoisotopic (exact) mass is 218 g/mol. The Kier molecular flexibility index (Phi) is 2.64. The van der Waals surface area contributed by atoms with Crippen molar-refractivity contribution in [3.63, 3.8) is 0 Å². The number of nitrogens with one attached hydrogen (secondary N) is 2. The van der Waals surface area contributed by atoms with Crippen molar-refractivity contribution in [1.82, 2.24) is 10.6 Å². The molecule has 0 aliphatic carbocycles. The fourth-order valence-corrected chi connectivity index (χ4v) is 2.06. The minimum atomic E-state index is -0.464. The van der Waals surface area contributed by atoms with Crippen LogP contribution in [0.2, 0.25) is 0 Å². The van der Waals surface area contributed by atoms with Crippen LogP contribution < -0.4 is 10.6 Å². The summed E-state index contributed by atoms with van der Waals surface area (Å²) in [5.74, 6) is -0.270. The van der Waals surface area contributed by atoms with Crippen molar-refractivity contribution in [3.8, 4) is 0 Å². The van der Waals surface area contributed by atoms with Gasteiger partial charge in [0.05, 0.1) is 0 Å². The van der Waals surface area contributed by atoms with Crippen LogP contribution >= 0.6 is 0 Å². The molecule has 2 N–H and O–H groups in total. The summed E-state index contributed by atoms with van der Waals surface area (Å²) in [5, 5.41) is 4.88. The maximum Gasteiger partial charge on any atom is 0.322 e. The second-order valence-electron chi connectivity index (χ2n) is 4.09. The van der Waals surface area contributed by atoms with Crippen LogP contribution in [0, 0.1) is 6.92 Å². The largest absolute Gasteiger partial charge is 0.325 e. The van der Waals surface area contributed by atoms with E-state index in [9.17, 15) is 9.59 Å². The number of hydrogen-bond donors (Lipinski definition) is 2. The van der Waals surface area contributed by atoms with Crippen LogP contribution in [0.1, 0.15) is 24.0 Å². The van der Waals surface area contributed by atoms with Gasteiger partial charge >= 0.3 is 6.03 Å². The number of urea groups is 1. The zero-order valence-corrected chi connectivity index (χ0v) is 9.28. The average Bonchev–Trinajstić information content (AvgIpc) is 2.58. The highest BCUT2D eigenvalue weighted by Crippen LogP contribution is 2.23. The van der Waals surface area contributed by atoms with Gasteiger partial charge in [-0.1, -0.05) is 31.2 Å². The van der Waals surface area contributed by atoms with Crippen LogP contribution in [0.25, 0.3) is 0 Å². The molecule has 0 radical (unpaired) electrons. The zero-order chi connectivity index (χ0) is 11.7. The van der Waals surface area contributed by atoms with E-state index in [1.165, 1.54) is 0 Å². The summed E-state index contributed by atoms with van der Waals surface area (Å²) < 4.78 is 0. The molecule has 4 nitrogen and oxygen atoms in total. The lowest BCUT2D eigenvalue weighted by atomic mass is 9.90. The lowest BCUT2D eigenvalue weighted by Crippen LogP contribution is -2.34. The smallest absolute Gasteiger partial charge is 0.322 e. The minimum absolute atomic E-state index is 0.0207. The van der Waals surface area contributed by atoms with E-state index in [1.54, 1.807) is 0 Å². The number of benzene rings is 1. The molecule has 0 spiro atoms. The van der Waals surface area contributed by atoms with Crippen LogP contribution in [0.3, 0.4) is 0 Å². The number of aryl methyl sites for hydroxylation is 1. The van der Waals surface area contributed by atoms with Crippen molar-refractivity contribution in [3.05, 3.63) is 35.4 Å². The predicted octanol–water partition coefficient (Wildman–Crippen LogP) is 1.31. The van der Waals surface area contributed by atoms with Crippen LogP contribution in [-0.2, 0) is 4.79 Å². The predicted molar refractivity (Wildman–Crippen MR) is 60.1 cm³/mol. The molecule has 2 atom stereocenters. The highest BCUT2D eigenvalue weighted by Gasteiger charge is 2.34. The lowest BCUT2D eigenvalue weighted by Gasteiger charge is -2.18. The second kappa shape index (κ2) is 3.96. The number of carbonyl (C=O) groups excluding carboxylic acids is 2. The SMILES string of the molecule is Cc1ccccc1C(C)C1NC(=O)NC1=O. The van der Waals surface area contributed by atoms with Gasteiger partial charge in [0.15, 0.2) is 0 Å². The third kappa shape index (κ3) is 1.78. The summed E-state index contributed by atoms with van der Waals surface area (Å²) in [5.41, 5.74) is 2.22. The third-order valence-corrected chi connectivity index (χ3v) is 2.98. The highest BCUT2D eigenvalue weighted by atomic mass is 16.2. The van der Waals surface area contributed by atoms with Gasteiger partial charge in [0.2, 0.25) is 0 Å². The first-order chi connectivity index (χ1) is 7.59. The van der Waals surface area contributed by atoms with E-state index < -0.39 is 12.1 Å². The highest BCUT2D eigenvalue weighted by molar-refractivity contribution is 6.04. The van der Waals surface area contributed by atoms with E-state index in [2.05, 4.69) is 10.6 Å². The van der Waals surface area contributed by atoms with Crippen molar-refractivity contribution < 1.29 is 9.59 Å². The Hall–Kier alpha value is -1.84. The van der Waals surface area contributed by atoms with Crippen molar-refractivity contribution in [2.75, 3.05) is 0 Å². The fourth-order valence-electron chi connectivity index (χ4n) is 2.06. The van der Waals surface area contributed by atoms with Crippen molar-refractivity contribution in [1.29, 1.82) is 0 Å². The molecule has 1 saturated heterocycles. The van der Waals surface area contributed by atoms with E-state index in [-0.39, 0.29) is 11.8 Å². The van der Waals surface area contributed by atoms with Gasteiger partial charge in [-0.25, -0.2) is 4.79 Å². The van der Waals surface area contributed by atoms with E-state index in [0.717, 1.165) is 11.1 Å². The summed E-state index contributed by atoms with van der Waals surface area (Å²) in [6.07, 6.45) is 0. The quantitative estimate of drug-likeness (QED) is 0.735. The van der Waals surface area contributed by atoms with Gasteiger partial charge in [0.1, 0.15) is 6.04 Å². The molecule has 16 heavy (non-hydrogen) atoms. The van der Waals surface area contributed by atoms with E-state index in [0.29, 0.717) is 0 Å². The summed E-state index contributed by atoms with van der Waals surface area (Å²) in [6, 6.07) is 7.01. The van der Waals surface area contributed by atoms with Gasteiger partial charge in [-0.2, -0.15) is 0 Å². The molecule has 0 bridgehead atoms. The topological polar surface area (TPSA) is 58.2 Å². The van der Waals surface area contributed by atoms with Crippen molar-refractivity contribution >= 4 is 11.9 Å². The molecule has 3 amide bonds. The number of rotatable bonds is 2. The van der Waals surface area contributed by atoms with Gasteiger partial charge in [-0.05, 0) is 18.1 Å². The number of carbonyl (C=O) groups is 2. The van der Waals surface area contributed by atoms with Crippen molar-refractivity contribution in [2.24, 2.45) is 0 Å². The number of amides is 3. The van der Waals surface area contributed by atoms with Crippen LogP contribution in [-0.4, -0.2) is 18.0 Å². The standard InChI is InChI=1S/C12H14N2O2/c1-7-5-3-4-6-9(7)8(2)10-11(15)14-12(16)13-10/h3-6,8,10H,1-2H3,(H2,13,14,15,16). The number of imide groups is 1. The molecule has 0 saturated carbocycles. The first-order valence-electron chi connectivity index (χ1n) is 5.26. The molecule has 1 aliphatic rings.